The Morgan fingerprint density at radius 1 is 1.12 bits per heavy atom. The van der Waals surface area contributed by atoms with E-state index in [1.54, 1.807) is 12.0 Å². The van der Waals surface area contributed by atoms with Crippen LogP contribution in [0.3, 0.4) is 0 Å². The number of thioether (sulfide) groups is 1. The summed E-state index contributed by atoms with van der Waals surface area (Å²) in [5, 5.41) is 0. The van der Waals surface area contributed by atoms with Crippen LogP contribution in [0.5, 0.6) is 5.75 Å². The SMILES string of the molecule is COc1ccc(/C=C2\SC(=S)N([C@@H](C)c3ccccc3)C2=O)cc1. The summed E-state index contributed by atoms with van der Waals surface area (Å²) in [4.78, 5) is 15.1. The molecule has 5 heteroatoms. The molecule has 3 rings (SSSR count). The van der Waals surface area contributed by atoms with E-state index in [2.05, 4.69) is 0 Å². The molecule has 0 aromatic heterocycles. The number of thiocarbonyl (C=S) groups is 1. The van der Waals surface area contributed by atoms with Crippen LogP contribution in [-0.2, 0) is 4.79 Å². The number of hydrogen-bond acceptors (Lipinski definition) is 4. The highest BCUT2D eigenvalue weighted by atomic mass is 32.2. The molecule has 0 radical (unpaired) electrons. The zero-order valence-electron chi connectivity index (χ0n) is 13.4. The number of carbonyl (C=O) groups is 1. The maximum atomic E-state index is 12.8. The van der Waals surface area contributed by atoms with Gasteiger partial charge in [-0.1, -0.05) is 66.4 Å². The molecule has 1 atom stereocenters. The van der Waals surface area contributed by atoms with Crippen LogP contribution in [-0.4, -0.2) is 22.2 Å². The molecule has 0 aliphatic carbocycles. The Balaban J connectivity index is 1.84. The van der Waals surface area contributed by atoms with Crippen molar-refractivity contribution in [3.8, 4) is 5.75 Å². The molecule has 122 valence electrons. The van der Waals surface area contributed by atoms with Crippen LogP contribution in [0, 0.1) is 0 Å². The molecule has 0 bridgehead atoms. The number of benzene rings is 2. The van der Waals surface area contributed by atoms with Crippen LogP contribution in [0.2, 0.25) is 0 Å². The molecule has 0 spiro atoms. The van der Waals surface area contributed by atoms with Gasteiger partial charge in [0.05, 0.1) is 18.1 Å². The van der Waals surface area contributed by atoms with Crippen molar-refractivity contribution in [2.24, 2.45) is 0 Å². The molecule has 0 unspecified atom stereocenters. The van der Waals surface area contributed by atoms with Gasteiger partial charge in [0.2, 0.25) is 0 Å². The normalized spacial score (nSPS) is 17.4. The summed E-state index contributed by atoms with van der Waals surface area (Å²) in [5.41, 5.74) is 2.02. The lowest BCUT2D eigenvalue weighted by molar-refractivity contribution is -0.123. The smallest absolute Gasteiger partial charge is 0.266 e. The monoisotopic (exact) mass is 355 g/mol. The molecule has 2 aromatic rings. The number of hydrogen-bond donors (Lipinski definition) is 0. The molecule has 0 N–H and O–H groups in total. The molecule has 2 aromatic carbocycles. The lowest BCUT2D eigenvalue weighted by Crippen LogP contribution is -2.30. The van der Waals surface area contributed by atoms with E-state index >= 15 is 0 Å². The van der Waals surface area contributed by atoms with Crippen LogP contribution in [0.15, 0.2) is 59.5 Å². The first-order valence-electron chi connectivity index (χ1n) is 7.56. The second-order valence-electron chi connectivity index (χ2n) is 5.41. The van der Waals surface area contributed by atoms with Gasteiger partial charge in [-0.2, -0.15) is 0 Å². The highest BCUT2D eigenvalue weighted by Crippen LogP contribution is 2.38. The van der Waals surface area contributed by atoms with Gasteiger partial charge in [-0.15, -0.1) is 0 Å². The molecule has 1 saturated heterocycles. The van der Waals surface area contributed by atoms with Gasteiger partial charge in [-0.3, -0.25) is 9.69 Å². The van der Waals surface area contributed by atoms with E-state index in [9.17, 15) is 4.79 Å². The summed E-state index contributed by atoms with van der Waals surface area (Å²) in [6.45, 7) is 2.00. The van der Waals surface area contributed by atoms with Gasteiger partial charge in [-0.25, -0.2) is 0 Å². The third-order valence-electron chi connectivity index (χ3n) is 3.91. The molecule has 1 aliphatic rings. The number of rotatable bonds is 4. The van der Waals surface area contributed by atoms with Gasteiger partial charge in [-0.05, 0) is 36.3 Å². The number of carbonyl (C=O) groups excluding carboxylic acids is 1. The summed E-state index contributed by atoms with van der Waals surface area (Å²) < 4.78 is 5.75. The molecule has 3 nitrogen and oxygen atoms in total. The predicted molar refractivity (Wildman–Crippen MR) is 103 cm³/mol. The Bertz CT molecular complexity index is 785. The van der Waals surface area contributed by atoms with Crippen molar-refractivity contribution in [3.05, 3.63) is 70.6 Å². The zero-order valence-corrected chi connectivity index (χ0v) is 15.1. The van der Waals surface area contributed by atoms with Crippen LogP contribution in [0.25, 0.3) is 6.08 Å². The van der Waals surface area contributed by atoms with E-state index in [-0.39, 0.29) is 11.9 Å². The van der Waals surface area contributed by atoms with Crippen molar-refractivity contribution in [2.45, 2.75) is 13.0 Å². The standard InChI is InChI=1S/C19H17NO2S2/c1-13(15-6-4-3-5-7-15)20-18(21)17(24-19(20)23)12-14-8-10-16(22-2)11-9-14/h3-13H,1-2H3/b17-12-/t13-/m0/s1. The van der Waals surface area contributed by atoms with Crippen molar-refractivity contribution in [2.75, 3.05) is 7.11 Å². The van der Waals surface area contributed by atoms with Crippen LogP contribution < -0.4 is 4.74 Å². The van der Waals surface area contributed by atoms with Gasteiger partial charge < -0.3 is 4.74 Å². The Morgan fingerprint density at radius 2 is 1.79 bits per heavy atom. The summed E-state index contributed by atoms with van der Waals surface area (Å²) in [6, 6.07) is 17.4. The third kappa shape index (κ3) is 3.37. The number of methoxy groups -OCH3 is 1. The first-order valence-corrected chi connectivity index (χ1v) is 8.78. The van der Waals surface area contributed by atoms with Gasteiger partial charge in [0, 0.05) is 0 Å². The minimum atomic E-state index is -0.0829. The average molecular weight is 355 g/mol. The number of amides is 1. The van der Waals surface area contributed by atoms with Gasteiger partial charge in [0.1, 0.15) is 10.1 Å². The molecular formula is C19H17NO2S2. The first kappa shape index (κ1) is 16.7. The van der Waals surface area contributed by atoms with Crippen LogP contribution in [0.1, 0.15) is 24.1 Å². The van der Waals surface area contributed by atoms with Gasteiger partial charge in [0.15, 0.2) is 0 Å². The Kier molecular flexibility index (Phi) is 5.02. The largest absolute Gasteiger partial charge is 0.497 e. The van der Waals surface area contributed by atoms with Gasteiger partial charge >= 0.3 is 0 Å². The van der Waals surface area contributed by atoms with Crippen LogP contribution >= 0.6 is 24.0 Å². The second-order valence-corrected chi connectivity index (χ2v) is 7.09. The molecule has 1 heterocycles. The molecular weight excluding hydrogens is 338 g/mol. The maximum absolute atomic E-state index is 12.8. The molecule has 24 heavy (non-hydrogen) atoms. The summed E-state index contributed by atoms with van der Waals surface area (Å²) in [5.74, 6) is 0.745. The van der Waals surface area contributed by atoms with E-state index in [0.717, 1.165) is 16.9 Å². The minimum absolute atomic E-state index is 0.0443. The van der Waals surface area contributed by atoms with E-state index in [1.165, 1.54) is 11.8 Å². The Labute approximate surface area is 151 Å². The lowest BCUT2D eigenvalue weighted by atomic mass is 10.1. The predicted octanol–water partition coefficient (Wildman–Crippen LogP) is 4.66. The van der Waals surface area contributed by atoms with E-state index in [0.29, 0.717) is 9.23 Å². The fourth-order valence-electron chi connectivity index (χ4n) is 2.55. The molecule has 1 amide bonds. The third-order valence-corrected chi connectivity index (χ3v) is 5.24. The van der Waals surface area contributed by atoms with Crippen molar-refractivity contribution in [1.29, 1.82) is 0 Å². The van der Waals surface area contributed by atoms with Gasteiger partial charge in [0.25, 0.3) is 5.91 Å². The quantitative estimate of drug-likeness (QED) is 0.589. The van der Waals surface area contributed by atoms with E-state index in [4.69, 9.17) is 17.0 Å². The second kappa shape index (κ2) is 7.20. The highest BCUT2D eigenvalue weighted by molar-refractivity contribution is 8.26. The summed E-state index contributed by atoms with van der Waals surface area (Å²) in [6.07, 6.45) is 1.87. The first-order chi connectivity index (χ1) is 11.6. The average Bonchev–Trinajstić information content (AvgIpc) is 2.89. The van der Waals surface area contributed by atoms with E-state index < -0.39 is 0 Å². The van der Waals surface area contributed by atoms with E-state index in [1.807, 2.05) is 67.6 Å². The van der Waals surface area contributed by atoms with Crippen LogP contribution in [0.4, 0.5) is 0 Å². The maximum Gasteiger partial charge on any atom is 0.266 e. The fourth-order valence-corrected chi connectivity index (χ4v) is 3.96. The van der Waals surface area contributed by atoms with Crippen molar-refractivity contribution in [3.63, 3.8) is 0 Å². The molecule has 0 saturated carbocycles. The van der Waals surface area contributed by atoms with Crippen molar-refractivity contribution in [1.82, 2.24) is 4.90 Å². The Morgan fingerprint density at radius 3 is 2.42 bits per heavy atom. The molecule has 1 aliphatic heterocycles. The summed E-state index contributed by atoms with van der Waals surface area (Å²) in [7, 11) is 1.63. The van der Waals surface area contributed by atoms with Crippen molar-refractivity contribution < 1.29 is 9.53 Å². The summed E-state index contributed by atoms with van der Waals surface area (Å²) >= 11 is 6.78. The lowest BCUT2D eigenvalue weighted by Gasteiger charge is -2.23. The molecule has 1 fully saturated rings. The fraction of sp³-hybridized carbons (Fsp3) is 0.158. The number of nitrogens with zero attached hydrogens (tertiary/aromatic N) is 1. The highest BCUT2D eigenvalue weighted by Gasteiger charge is 2.35. The minimum Gasteiger partial charge on any atom is -0.497 e. The van der Waals surface area contributed by atoms with Crippen molar-refractivity contribution >= 4 is 40.3 Å². The topological polar surface area (TPSA) is 29.5 Å². The Hall–Kier alpha value is -2.11. The number of ether oxygens (including phenoxy) is 1. The zero-order chi connectivity index (χ0) is 17.1.